The van der Waals surface area contributed by atoms with E-state index in [9.17, 15) is 19.4 Å². The zero-order valence-corrected chi connectivity index (χ0v) is 40.3. The fraction of sp³-hybridized carbons (Fsp3) is 0.537. The SMILES string of the molecule is CC/C=C\C/C=C\C/C=C\C/C=C\C/C=C\C/C=C\CCCCCOCC(COP(=O)(O)OCC(O)CO)OC(=O)CCCC/C=C\C/C=C\C/C=C\C/C=C\C/C=C\C/C=C\CC. The molecule has 3 N–H and O–H groups in total. The minimum absolute atomic E-state index is 0.00328. The minimum Gasteiger partial charge on any atom is -0.457 e. The Kier molecular flexibility index (Phi) is 46.0. The van der Waals surface area contributed by atoms with Gasteiger partial charge in [-0.05, 0) is 116 Å². The highest BCUT2D eigenvalue weighted by Crippen LogP contribution is 2.43. The number of phosphoric acid groups is 1. The van der Waals surface area contributed by atoms with E-state index in [2.05, 4.69) is 160 Å². The lowest BCUT2D eigenvalue weighted by Crippen LogP contribution is -2.29. The molecule has 0 aromatic carbocycles. The van der Waals surface area contributed by atoms with E-state index < -0.39 is 45.8 Å². The number of rotatable bonds is 43. The first-order valence-corrected chi connectivity index (χ1v) is 25.3. The largest absolute Gasteiger partial charge is 0.472 e. The molecule has 0 radical (unpaired) electrons. The van der Waals surface area contributed by atoms with E-state index in [0.717, 1.165) is 116 Å². The van der Waals surface area contributed by atoms with E-state index in [0.29, 0.717) is 13.0 Å². The normalized spacial score (nSPS) is 15.1. The minimum atomic E-state index is -4.56. The van der Waals surface area contributed by atoms with Crippen molar-refractivity contribution in [2.45, 2.75) is 154 Å². The number of hydrogen-bond donors (Lipinski definition) is 3. The molecule has 9 nitrogen and oxygen atoms in total. The molecule has 0 amide bonds. The Labute approximate surface area is 388 Å². The van der Waals surface area contributed by atoms with Gasteiger partial charge >= 0.3 is 13.8 Å². The third-order valence-corrected chi connectivity index (χ3v) is 9.97. The van der Waals surface area contributed by atoms with Crippen molar-refractivity contribution in [3.63, 3.8) is 0 Å². The topological polar surface area (TPSA) is 132 Å². The number of aliphatic hydroxyl groups is 2. The van der Waals surface area contributed by atoms with E-state index in [-0.39, 0.29) is 13.0 Å². The molecule has 10 heteroatoms. The van der Waals surface area contributed by atoms with Crippen LogP contribution in [0.4, 0.5) is 0 Å². The van der Waals surface area contributed by atoms with Crippen LogP contribution in [0.2, 0.25) is 0 Å². The maximum absolute atomic E-state index is 12.7. The van der Waals surface area contributed by atoms with E-state index >= 15 is 0 Å². The van der Waals surface area contributed by atoms with Gasteiger partial charge in [-0.3, -0.25) is 13.8 Å². The van der Waals surface area contributed by atoms with Gasteiger partial charge in [0, 0.05) is 13.0 Å². The predicted octanol–water partition coefficient (Wildman–Crippen LogP) is 13.9. The number of ether oxygens (including phenoxy) is 2. The summed E-state index contributed by atoms with van der Waals surface area (Å²) >= 11 is 0. The van der Waals surface area contributed by atoms with Crippen LogP contribution in [0.3, 0.4) is 0 Å². The molecule has 0 aliphatic heterocycles. The van der Waals surface area contributed by atoms with Gasteiger partial charge in [0.15, 0.2) is 0 Å². The summed E-state index contributed by atoms with van der Waals surface area (Å²) in [7, 11) is -4.56. The molecule has 0 aliphatic rings. The van der Waals surface area contributed by atoms with Gasteiger partial charge in [0.1, 0.15) is 12.2 Å². The van der Waals surface area contributed by atoms with Crippen molar-refractivity contribution in [3.8, 4) is 0 Å². The molecule has 0 spiro atoms. The molecule has 360 valence electrons. The molecule has 0 saturated carbocycles. The molecule has 3 atom stereocenters. The number of carbonyl (C=O) groups is 1. The van der Waals surface area contributed by atoms with Crippen molar-refractivity contribution < 1.29 is 43.0 Å². The summed E-state index contributed by atoms with van der Waals surface area (Å²) in [6, 6.07) is 0. The predicted molar refractivity (Wildman–Crippen MR) is 269 cm³/mol. The fourth-order valence-electron chi connectivity index (χ4n) is 5.48. The van der Waals surface area contributed by atoms with Crippen LogP contribution in [-0.2, 0) is 27.9 Å². The smallest absolute Gasteiger partial charge is 0.457 e. The molecular formula is C54H85O9P. The standard InChI is InChI=1S/C54H85O9P/c1-3-5-7-9-11-13-15-17-19-21-23-25-27-29-31-33-35-37-39-41-43-45-47-60-50-53(51-62-64(58,59)61-49-52(56)48-55)63-54(57)46-44-42-40-38-36-34-32-30-28-26-24-22-20-18-16-14-12-10-8-6-4-2/h5-8,11-14,17-20,23-26,29-32,35-38,52-53,55-56H,3-4,9-10,15-16,21-22,27-28,33-34,39-51H2,1-2H3,(H,58,59)/b7-5-,8-6-,13-11-,14-12-,19-17-,20-18-,25-23-,26-24-,31-29-,32-30-,37-35-,38-36-. The van der Waals surface area contributed by atoms with Crippen molar-refractivity contribution in [1.29, 1.82) is 0 Å². The highest BCUT2D eigenvalue weighted by Gasteiger charge is 2.26. The Balaban J connectivity index is 4.34. The van der Waals surface area contributed by atoms with Gasteiger partial charge < -0.3 is 24.6 Å². The summed E-state index contributed by atoms with van der Waals surface area (Å²) in [5.41, 5.74) is 0. The zero-order chi connectivity index (χ0) is 46.7. The Morgan fingerprint density at radius 3 is 1.23 bits per heavy atom. The molecule has 0 heterocycles. The molecule has 64 heavy (non-hydrogen) atoms. The van der Waals surface area contributed by atoms with Gasteiger partial charge in [-0.1, -0.05) is 166 Å². The maximum Gasteiger partial charge on any atom is 0.472 e. The van der Waals surface area contributed by atoms with Crippen molar-refractivity contribution in [2.24, 2.45) is 0 Å². The van der Waals surface area contributed by atoms with Gasteiger partial charge in [-0.2, -0.15) is 0 Å². The number of esters is 1. The first-order valence-electron chi connectivity index (χ1n) is 23.8. The molecule has 0 aromatic rings. The van der Waals surface area contributed by atoms with Crippen molar-refractivity contribution >= 4 is 13.8 Å². The van der Waals surface area contributed by atoms with Crippen LogP contribution in [0, 0.1) is 0 Å². The van der Waals surface area contributed by atoms with Crippen LogP contribution in [0.1, 0.15) is 142 Å². The first kappa shape index (κ1) is 60.3. The number of allylic oxidation sites excluding steroid dienone is 24. The number of phosphoric ester groups is 1. The van der Waals surface area contributed by atoms with E-state index in [1.54, 1.807) is 0 Å². The number of aliphatic hydroxyl groups excluding tert-OH is 2. The second-order valence-corrected chi connectivity index (χ2v) is 16.5. The molecular weight excluding hydrogens is 824 g/mol. The van der Waals surface area contributed by atoms with Crippen LogP contribution in [0.5, 0.6) is 0 Å². The Hall–Kier alpha value is -3.66. The summed E-state index contributed by atoms with van der Waals surface area (Å²) in [6.45, 7) is 3.10. The van der Waals surface area contributed by atoms with Crippen LogP contribution in [-0.4, -0.2) is 66.3 Å². The third-order valence-electron chi connectivity index (χ3n) is 9.02. The monoisotopic (exact) mass is 909 g/mol. The van der Waals surface area contributed by atoms with Gasteiger partial charge in [-0.15, -0.1) is 0 Å². The van der Waals surface area contributed by atoms with Crippen LogP contribution in [0.25, 0.3) is 0 Å². The second-order valence-electron chi connectivity index (χ2n) is 15.0. The van der Waals surface area contributed by atoms with Crippen molar-refractivity contribution in [3.05, 3.63) is 146 Å². The van der Waals surface area contributed by atoms with Crippen LogP contribution >= 0.6 is 7.82 Å². The molecule has 0 aromatic heterocycles. The Morgan fingerprint density at radius 2 is 0.844 bits per heavy atom. The van der Waals surface area contributed by atoms with Crippen LogP contribution in [0.15, 0.2) is 146 Å². The Morgan fingerprint density at radius 1 is 0.484 bits per heavy atom. The summed E-state index contributed by atoms with van der Waals surface area (Å²) in [5.74, 6) is -0.444. The van der Waals surface area contributed by atoms with Crippen molar-refractivity contribution in [1.82, 2.24) is 0 Å². The lowest BCUT2D eigenvalue weighted by atomic mass is 10.2. The molecule has 0 bridgehead atoms. The highest BCUT2D eigenvalue weighted by atomic mass is 31.2. The van der Waals surface area contributed by atoms with Crippen LogP contribution < -0.4 is 0 Å². The van der Waals surface area contributed by atoms with Gasteiger partial charge in [0.2, 0.25) is 0 Å². The highest BCUT2D eigenvalue weighted by molar-refractivity contribution is 7.47. The van der Waals surface area contributed by atoms with Gasteiger partial charge in [0.05, 0.1) is 26.4 Å². The van der Waals surface area contributed by atoms with E-state index in [1.165, 1.54) is 0 Å². The molecule has 0 saturated heterocycles. The maximum atomic E-state index is 12.7. The Bertz CT molecular complexity index is 1500. The molecule has 0 aliphatic carbocycles. The van der Waals surface area contributed by atoms with Crippen molar-refractivity contribution in [2.75, 3.05) is 33.0 Å². The summed E-state index contributed by atoms with van der Waals surface area (Å²) < 4.78 is 33.4. The number of unbranched alkanes of at least 4 members (excludes halogenated alkanes) is 5. The first-order chi connectivity index (χ1) is 31.3. The third kappa shape index (κ3) is 47.8. The fourth-order valence-corrected chi connectivity index (χ4v) is 6.27. The second kappa shape index (κ2) is 48.8. The number of carbonyl (C=O) groups excluding carboxylic acids is 1. The van der Waals surface area contributed by atoms with E-state index in [4.69, 9.17) is 23.6 Å². The average Bonchev–Trinajstić information content (AvgIpc) is 3.29. The summed E-state index contributed by atoms with van der Waals surface area (Å²) in [4.78, 5) is 22.6. The lowest BCUT2D eigenvalue weighted by molar-refractivity contribution is -0.154. The zero-order valence-electron chi connectivity index (χ0n) is 39.4. The van der Waals surface area contributed by atoms with Gasteiger partial charge in [-0.25, -0.2) is 4.57 Å². The van der Waals surface area contributed by atoms with Gasteiger partial charge in [0.25, 0.3) is 0 Å². The molecule has 0 rings (SSSR count). The van der Waals surface area contributed by atoms with E-state index in [1.807, 2.05) is 0 Å². The number of hydrogen-bond acceptors (Lipinski definition) is 8. The lowest BCUT2D eigenvalue weighted by Gasteiger charge is -2.20. The summed E-state index contributed by atoms with van der Waals surface area (Å²) in [6.07, 6.45) is 68.1. The molecule has 3 unspecified atom stereocenters. The average molecular weight is 909 g/mol. The summed E-state index contributed by atoms with van der Waals surface area (Å²) in [5, 5.41) is 18.4. The quantitative estimate of drug-likeness (QED) is 0.0237. The molecule has 0 fully saturated rings.